The number of para-hydroxylation sites is 1. The lowest BCUT2D eigenvalue weighted by molar-refractivity contribution is -0.917. The Bertz CT molecular complexity index is 986. The molecule has 1 N–H and O–H groups in total. The van der Waals surface area contributed by atoms with Crippen molar-refractivity contribution in [3.05, 3.63) is 33.2 Å². The Hall–Kier alpha value is -1.68. The van der Waals surface area contributed by atoms with Crippen LogP contribution in [0.2, 0.25) is 0 Å². The van der Waals surface area contributed by atoms with E-state index in [1.165, 1.54) is 20.9 Å². The van der Waals surface area contributed by atoms with Crippen LogP contribution in [-0.2, 0) is 18.0 Å². The van der Waals surface area contributed by atoms with Crippen LogP contribution >= 0.6 is 34.9 Å². The minimum Gasteiger partial charge on any atom is -0.313 e. The average molecular weight is 421 g/mol. The second kappa shape index (κ2) is 7.75. The quantitative estimate of drug-likeness (QED) is 0.597. The zero-order chi connectivity index (χ0) is 19.0. The van der Waals surface area contributed by atoms with E-state index in [2.05, 4.69) is 18.2 Å². The first-order valence-corrected chi connectivity index (χ1v) is 11.1. The maximum Gasteiger partial charge on any atom is 0.228 e. The van der Waals surface area contributed by atoms with Crippen molar-refractivity contribution in [3.8, 4) is 0 Å². The van der Waals surface area contributed by atoms with Gasteiger partial charge in [0.25, 0.3) is 0 Å². The third-order valence-corrected chi connectivity index (χ3v) is 6.84. The first-order valence-electron chi connectivity index (χ1n) is 9.11. The summed E-state index contributed by atoms with van der Waals surface area (Å²) in [6.07, 6.45) is 2.60. The van der Waals surface area contributed by atoms with Crippen molar-refractivity contribution >= 4 is 56.1 Å². The molecule has 1 fully saturated rings. The molecule has 1 aliphatic carbocycles. The number of quaternary nitrogens is 1. The van der Waals surface area contributed by atoms with Crippen molar-refractivity contribution in [1.29, 1.82) is 0 Å². The van der Waals surface area contributed by atoms with Crippen LogP contribution in [-0.4, -0.2) is 33.8 Å². The summed E-state index contributed by atoms with van der Waals surface area (Å²) in [5, 5.41) is 6.51. The van der Waals surface area contributed by atoms with Gasteiger partial charge >= 0.3 is 0 Å². The van der Waals surface area contributed by atoms with E-state index in [0.29, 0.717) is 23.1 Å². The molecule has 142 valence electrons. The lowest BCUT2D eigenvalue weighted by Gasteiger charge is -2.18. The van der Waals surface area contributed by atoms with Gasteiger partial charge in [0.05, 0.1) is 17.3 Å². The highest BCUT2D eigenvalue weighted by atomic mass is 32.1. The van der Waals surface area contributed by atoms with E-state index < -0.39 is 0 Å². The smallest absolute Gasteiger partial charge is 0.228 e. The number of anilines is 1. The Morgan fingerprint density at radius 1 is 1.37 bits per heavy atom. The van der Waals surface area contributed by atoms with Crippen molar-refractivity contribution in [2.45, 2.75) is 45.4 Å². The van der Waals surface area contributed by atoms with Crippen molar-refractivity contribution < 1.29 is 9.69 Å². The molecule has 1 saturated carbocycles. The van der Waals surface area contributed by atoms with E-state index in [1.807, 2.05) is 34.7 Å². The Morgan fingerprint density at radius 2 is 2.15 bits per heavy atom. The van der Waals surface area contributed by atoms with Gasteiger partial charge < -0.3 is 4.90 Å². The number of hydrogen-bond donors (Lipinski definition) is 1. The second-order valence-corrected chi connectivity index (χ2v) is 9.58. The summed E-state index contributed by atoms with van der Waals surface area (Å²) < 4.78 is 3.77. The van der Waals surface area contributed by atoms with Crippen LogP contribution in [0.1, 0.15) is 31.2 Å². The highest BCUT2D eigenvalue weighted by Crippen LogP contribution is 2.33. The number of hydrogen-bond acceptors (Lipinski definition) is 6. The fourth-order valence-electron chi connectivity index (χ4n) is 3.03. The average Bonchev–Trinajstić information content (AvgIpc) is 3.29. The number of carbonyl (C=O) groups excluding carboxylic acids is 1. The molecular weight excluding hydrogens is 398 g/mol. The van der Waals surface area contributed by atoms with Crippen molar-refractivity contribution in [2.75, 3.05) is 11.9 Å². The fraction of sp³-hybridized carbons (Fsp3) is 0.444. The highest BCUT2D eigenvalue weighted by molar-refractivity contribution is 7.73. The van der Waals surface area contributed by atoms with Gasteiger partial charge in [0.1, 0.15) is 11.6 Å². The van der Waals surface area contributed by atoms with Gasteiger partial charge in [-0.15, -0.1) is 16.4 Å². The zero-order valence-corrected chi connectivity index (χ0v) is 17.8. The predicted octanol–water partition coefficient (Wildman–Crippen LogP) is 2.86. The SMILES string of the molecule is CCC(=O)N(c1nn(C[NH+](C)Cc2nc3ccccc3s2)c(=S)s1)C1CC1. The molecule has 3 aromatic rings. The second-order valence-electron chi connectivity index (χ2n) is 6.87. The highest BCUT2D eigenvalue weighted by Gasteiger charge is 2.35. The Labute approximate surface area is 171 Å². The van der Waals surface area contributed by atoms with E-state index in [4.69, 9.17) is 17.2 Å². The van der Waals surface area contributed by atoms with Crippen LogP contribution in [0.3, 0.4) is 0 Å². The van der Waals surface area contributed by atoms with Gasteiger partial charge in [0, 0.05) is 12.5 Å². The molecule has 9 heteroatoms. The molecular formula is C18H22N5OS3+. The molecule has 0 radical (unpaired) electrons. The van der Waals surface area contributed by atoms with Crippen LogP contribution in [0, 0.1) is 3.95 Å². The lowest BCUT2D eigenvalue weighted by atomic mass is 10.3. The summed E-state index contributed by atoms with van der Waals surface area (Å²) in [4.78, 5) is 20.1. The van der Waals surface area contributed by atoms with E-state index in [1.54, 1.807) is 11.3 Å². The summed E-state index contributed by atoms with van der Waals surface area (Å²) in [6, 6.07) is 8.51. The van der Waals surface area contributed by atoms with Gasteiger partial charge in [0.15, 0.2) is 10.6 Å². The molecule has 0 aliphatic heterocycles. The van der Waals surface area contributed by atoms with E-state index in [9.17, 15) is 4.79 Å². The molecule has 4 rings (SSSR count). The summed E-state index contributed by atoms with van der Waals surface area (Å²) in [6.45, 7) is 3.36. The molecule has 27 heavy (non-hydrogen) atoms. The monoisotopic (exact) mass is 420 g/mol. The molecule has 2 heterocycles. The van der Waals surface area contributed by atoms with E-state index >= 15 is 0 Å². The number of amides is 1. The molecule has 0 saturated heterocycles. The maximum atomic E-state index is 12.3. The molecule has 1 unspecified atom stereocenters. The third kappa shape index (κ3) is 4.11. The van der Waals surface area contributed by atoms with Crippen LogP contribution < -0.4 is 9.80 Å². The number of aromatic nitrogens is 3. The van der Waals surface area contributed by atoms with Crippen LogP contribution in [0.4, 0.5) is 5.13 Å². The first-order chi connectivity index (χ1) is 13.0. The fourth-order valence-corrected chi connectivity index (χ4v) is 5.29. The zero-order valence-electron chi connectivity index (χ0n) is 15.3. The minimum atomic E-state index is 0.128. The van der Waals surface area contributed by atoms with Gasteiger partial charge in [-0.05, 0) is 37.2 Å². The predicted molar refractivity (Wildman–Crippen MR) is 112 cm³/mol. The number of rotatable bonds is 7. The molecule has 1 aliphatic rings. The Morgan fingerprint density at radius 3 is 2.85 bits per heavy atom. The molecule has 0 bridgehead atoms. The van der Waals surface area contributed by atoms with Gasteiger partial charge in [-0.2, -0.15) is 4.68 Å². The molecule has 2 aromatic heterocycles. The minimum absolute atomic E-state index is 0.128. The molecule has 1 aromatic carbocycles. The Balaban J connectivity index is 1.48. The molecule has 1 amide bonds. The number of nitrogens with zero attached hydrogens (tertiary/aromatic N) is 4. The van der Waals surface area contributed by atoms with Gasteiger partial charge in [-0.25, -0.2) is 4.98 Å². The first kappa shape index (κ1) is 18.7. The van der Waals surface area contributed by atoms with E-state index in [-0.39, 0.29) is 5.91 Å². The van der Waals surface area contributed by atoms with Crippen molar-refractivity contribution in [2.24, 2.45) is 0 Å². The Kier molecular flexibility index (Phi) is 5.36. The lowest BCUT2D eigenvalue weighted by Crippen LogP contribution is -3.07. The standard InChI is InChI=1S/C18H21N5OS3/c1-3-16(24)23(12-8-9-12)17-20-22(18(25)27-17)11-21(2)10-15-19-13-6-4-5-7-14(13)26-15/h4-7,12H,3,8-11H2,1-2H3/p+1. The summed E-state index contributed by atoms with van der Waals surface area (Å²) >= 11 is 8.68. The summed E-state index contributed by atoms with van der Waals surface area (Å²) in [7, 11) is 2.11. The molecule has 0 spiro atoms. The number of benzene rings is 1. The topological polar surface area (TPSA) is 55.5 Å². The van der Waals surface area contributed by atoms with Crippen LogP contribution in [0.15, 0.2) is 24.3 Å². The van der Waals surface area contributed by atoms with Gasteiger partial charge in [0.2, 0.25) is 11.0 Å². The van der Waals surface area contributed by atoms with Crippen molar-refractivity contribution in [3.63, 3.8) is 0 Å². The number of thiazole rings is 1. The number of fused-ring (bicyclic) bond motifs is 1. The normalized spacial score (nSPS) is 15.2. The third-order valence-electron chi connectivity index (χ3n) is 4.50. The van der Waals surface area contributed by atoms with E-state index in [0.717, 1.165) is 35.0 Å². The van der Waals surface area contributed by atoms with Crippen LogP contribution in [0.5, 0.6) is 0 Å². The number of carbonyl (C=O) groups is 1. The number of nitrogens with one attached hydrogen (secondary N) is 1. The molecule has 6 nitrogen and oxygen atoms in total. The summed E-state index contributed by atoms with van der Waals surface area (Å²) in [5.41, 5.74) is 1.05. The molecule has 1 atom stereocenters. The largest absolute Gasteiger partial charge is 0.313 e. The maximum absolute atomic E-state index is 12.3. The van der Waals surface area contributed by atoms with Gasteiger partial charge in [-0.1, -0.05) is 30.4 Å². The van der Waals surface area contributed by atoms with Crippen molar-refractivity contribution in [1.82, 2.24) is 14.8 Å². The summed E-state index contributed by atoms with van der Waals surface area (Å²) in [5.74, 6) is 0.128. The van der Waals surface area contributed by atoms with Crippen LogP contribution in [0.25, 0.3) is 10.2 Å². The van der Waals surface area contributed by atoms with Gasteiger partial charge in [-0.3, -0.25) is 9.69 Å².